The zero-order chi connectivity index (χ0) is 10.9. The standard InChI is InChI=1S/C7H5ClF3IN2/c1-3-5(12)6(8)14-4(13-3)2-7(9,10)11/h2H2,1H3. The molecule has 0 radical (unpaired) electrons. The number of hydrogen-bond acceptors (Lipinski definition) is 2. The van der Waals surface area contributed by atoms with Gasteiger partial charge in [-0.1, -0.05) is 11.6 Å². The Hall–Kier alpha value is -0.110. The van der Waals surface area contributed by atoms with Crippen LogP contribution in [0.5, 0.6) is 0 Å². The fraction of sp³-hybridized carbons (Fsp3) is 0.429. The van der Waals surface area contributed by atoms with Crippen LogP contribution < -0.4 is 0 Å². The molecule has 1 aromatic heterocycles. The van der Waals surface area contributed by atoms with Gasteiger partial charge in [-0.25, -0.2) is 9.97 Å². The van der Waals surface area contributed by atoms with E-state index in [2.05, 4.69) is 9.97 Å². The third-order valence-corrected chi connectivity index (χ3v) is 3.27. The average Bonchev–Trinajstić information content (AvgIpc) is 1.96. The predicted octanol–water partition coefficient (Wildman–Crippen LogP) is 3.15. The third-order valence-electron chi connectivity index (χ3n) is 1.38. The molecule has 1 aromatic rings. The van der Waals surface area contributed by atoms with Crippen molar-refractivity contribution < 1.29 is 13.2 Å². The molecule has 0 spiro atoms. The van der Waals surface area contributed by atoms with Gasteiger partial charge in [0.2, 0.25) is 0 Å². The van der Waals surface area contributed by atoms with Gasteiger partial charge in [0.1, 0.15) is 17.4 Å². The van der Waals surface area contributed by atoms with Crippen molar-refractivity contribution in [3.63, 3.8) is 0 Å². The lowest BCUT2D eigenvalue weighted by Gasteiger charge is -2.07. The number of halogens is 5. The Bertz CT molecular complexity index is 330. The zero-order valence-corrected chi connectivity index (χ0v) is 9.90. The van der Waals surface area contributed by atoms with Gasteiger partial charge in [0.05, 0.1) is 9.26 Å². The van der Waals surface area contributed by atoms with Gasteiger partial charge in [-0.15, -0.1) is 0 Å². The summed E-state index contributed by atoms with van der Waals surface area (Å²) in [4.78, 5) is 7.24. The molecule has 0 atom stereocenters. The van der Waals surface area contributed by atoms with Crippen LogP contribution in [0, 0.1) is 10.5 Å². The summed E-state index contributed by atoms with van der Waals surface area (Å²) < 4.78 is 36.5. The first-order valence-electron chi connectivity index (χ1n) is 3.55. The van der Waals surface area contributed by atoms with Crippen LogP contribution in [0.4, 0.5) is 13.2 Å². The molecule has 0 saturated heterocycles. The average molecular weight is 336 g/mol. The SMILES string of the molecule is Cc1nc(CC(F)(F)F)nc(Cl)c1I. The number of hydrogen-bond donors (Lipinski definition) is 0. The van der Waals surface area contributed by atoms with Crippen LogP contribution in [-0.2, 0) is 6.42 Å². The largest absolute Gasteiger partial charge is 0.396 e. The first-order chi connectivity index (χ1) is 6.29. The van der Waals surface area contributed by atoms with E-state index in [-0.39, 0.29) is 11.0 Å². The Morgan fingerprint density at radius 1 is 1.36 bits per heavy atom. The van der Waals surface area contributed by atoms with Gasteiger partial charge in [-0.3, -0.25) is 0 Å². The second kappa shape index (κ2) is 4.18. The number of aryl methyl sites for hydroxylation is 1. The lowest BCUT2D eigenvalue weighted by atomic mass is 10.3. The summed E-state index contributed by atoms with van der Waals surface area (Å²) in [6.45, 7) is 1.59. The number of rotatable bonds is 1. The van der Waals surface area contributed by atoms with Crippen molar-refractivity contribution in [3.8, 4) is 0 Å². The Morgan fingerprint density at radius 3 is 2.36 bits per heavy atom. The number of nitrogens with zero attached hydrogens (tertiary/aromatic N) is 2. The normalized spacial score (nSPS) is 11.9. The van der Waals surface area contributed by atoms with Crippen LogP contribution in [0.1, 0.15) is 11.5 Å². The number of alkyl halides is 3. The second-order valence-corrected chi connectivity index (χ2v) is 4.06. The van der Waals surface area contributed by atoms with Crippen molar-refractivity contribution in [2.75, 3.05) is 0 Å². The van der Waals surface area contributed by atoms with Crippen molar-refractivity contribution in [1.29, 1.82) is 0 Å². The summed E-state index contributed by atoms with van der Waals surface area (Å²) in [7, 11) is 0. The molecule has 1 heterocycles. The monoisotopic (exact) mass is 336 g/mol. The summed E-state index contributed by atoms with van der Waals surface area (Å²) in [5.41, 5.74) is 0.463. The van der Waals surface area contributed by atoms with E-state index in [1.54, 1.807) is 6.92 Å². The molecule has 0 aliphatic heterocycles. The fourth-order valence-corrected chi connectivity index (χ4v) is 1.31. The van der Waals surface area contributed by atoms with Crippen LogP contribution in [0.25, 0.3) is 0 Å². The summed E-state index contributed by atoms with van der Waals surface area (Å²) in [5, 5.41) is 0.0670. The molecule has 0 aromatic carbocycles. The van der Waals surface area contributed by atoms with Gasteiger partial charge in [0.15, 0.2) is 0 Å². The molecule has 14 heavy (non-hydrogen) atoms. The van der Waals surface area contributed by atoms with E-state index in [4.69, 9.17) is 11.6 Å². The van der Waals surface area contributed by atoms with E-state index in [0.29, 0.717) is 9.26 Å². The van der Waals surface area contributed by atoms with Crippen LogP contribution in [0.15, 0.2) is 0 Å². The van der Waals surface area contributed by atoms with Gasteiger partial charge >= 0.3 is 6.18 Å². The number of aromatic nitrogens is 2. The van der Waals surface area contributed by atoms with Crippen LogP contribution in [-0.4, -0.2) is 16.1 Å². The third kappa shape index (κ3) is 3.23. The van der Waals surface area contributed by atoms with E-state index >= 15 is 0 Å². The van der Waals surface area contributed by atoms with Crippen molar-refractivity contribution in [2.45, 2.75) is 19.5 Å². The summed E-state index contributed by atoms with van der Waals surface area (Å²) >= 11 is 7.51. The maximum atomic E-state index is 12.0. The highest BCUT2D eigenvalue weighted by Crippen LogP contribution is 2.23. The Labute approximate surface area is 97.0 Å². The predicted molar refractivity (Wildman–Crippen MR) is 54.3 cm³/mol. The lowest BCUT2D eigenvalue weighted by molar-refractivity contribution is -0.128. The first-order valence-corrected chi connectivity index (χ1v) is 5.00. The molecule has 0 aliphatic carbocycles. The summed E-state index contributed by atoms with van der Waals surface area (Å²) in [6, 6.07) is 0. The fourth-order valence-electron chi connectivity index (χ4n) is 0.838. The van der Waals surface area contributed by atoms with Crippen molar-refractivity contribution in [3.05, 3.63) is 20.2 Å². The van der Waals surface area contributed by atoms with Crippen LogP contribution >= 0.6 is 34.2 Å². The second-order valence-electron chi connectivity index (χ2n) is 2.62. The van der Waals surface area contributed by atoms with Crippen molar-refractivity contribution >= 4 is 34.2 Å². The topological polar surface area (TPSA) is 25.8 Å². The van der Waals surface area contributed by atoms with E-state index < -0.39 is 12.6 Å². The summed E-state index contributed by atoms with van der Waals surface area (Å²) in [6.07, 6.45) is -5.45. The molecular formula is C7H5ClF3IN2. The molecule has 7 heteroatoms. The minimum atomic E-state index is -4.30. The Morgan fingerprint density at radius 2 is 1.93 bits per heavy atom. The van der Waals surface area contributed by atoms with E-state index in [1.165, 1.54) is 0 Å². The lowest BCUT2D eigenvalue weighted by Crippen LogP contribution is -2.15. The van der Waals surface area contributed by atoms with Gasteiger partial charge in [-0.2, -0.15) is 13.2 Å². The quantitative estimate of drug-likeness (QED) is 0.582. The highest BCUT2D eigenvalue weighted by molar-refractivity contribution is 14.1. The molecule has 1 rings (SSSR count). The molecule has 0 unspecified atom stereocenters. The minimum Gasteiger partial charge on any atom is -0.237 e. The van der Waals surface area contributed by atoms with Gasteiger partial charge in [-0.05, 0) is 29.5 Å². The van der Waals surface area contributed by atoms with Gasteiger partial charge < -0.3 is 0 Å². The molecule has 0 bridgehead atoms. The van der Waals surface area contributed by atoms with Gasteiger partial charge in [0, 0.05) is 0 Å². The first kappa shape index (κ1) is 12.0. The minimum absolute atomic E-state index is 0.0670. The summed E-state index contributed by atoms with van der Waals surface area (Å²) in [5.74, 6) is -0.291. The van der Waals surface area contributed by atoms with E-state index in [9.17, 15) is 13.2 Å². The van der Waals surface area contributed by atoms with Crippen LogP contribution in [0.3, 0.4) is 0 Å². The molecule has 0 fully saturated rings. The van der Waals surface area contributed by atoms with Crippen LogP contribution in [0.2, 0.25) is 5.15 Å². The maximum absolute atomic E-state index is 12.0. The molecule has 0 N–H and O–H groups in total. The van der Waals surface area contributed by atoms with Crippen molar-refractivity contribution in [1.82, 2.24) is 9.97 Å². The molecule has 2 nitrogen and oxygen atoms in total. The molecule has 0 amide bonds. The highest BCUT2D eigenvalue weighted by atomic mass is 127. The zero-order valence-electron chi connectivity index (χ0n) is 6.99. The molecule has 0 saturated carbocycles. The Balaban J connectivity index is 3.02. The molecule has 0 aliphatic rings. The van der Waals surface area contributed by atoms with Crippen molar-refractivity contribution in [2.24, 2.45) is 0 Å². The smallest absolute Gasteiger partial charge is 0.237 e. The highest BCUT2D eigenvalue weighted by Gasteiger charge is 2.29. The maximum Gasteiger partial charge on any atom is 0.396 e. The van der Waals surface area contributed by atoms with E-state index in [0.717, 1.165) is 0 Å². The molecular weight excluding hydrogens is 331 g/mol. The van der Waals surface area contributed by atoms with E-state index in [1.807, 2.05) is 22.6 Å². The van der Waals surface area contributed by atoms with Gasteiger partial charge in [0.25, 0.3) is 0 Å². The molecule has 78 valence electrons. The Kier molecular flexibility index (Phi) is 3.57.